The van der Waals surface area contributed by atoms with Crippen LogP contribution in [0.5, 0.6) is 0 Å². The van der Waals surface area contributed by atoms with Gasteiger partial charge in [-0.05, 0) is 0 Å². The second-order valence-electron chi connectivity index (χ2n) is 0. The molecule has 0 amide bonds. The van der Waals surface area contributed by atoms with Gasteiger partial charge >= 0.3 is 50.6 Å². The van der Waals surface area contributed by atoms with Crippen LogP contribution in [0.1, 0.15) is 1.43 Å². The second kappa shape index (κ2) is 31.7. The van der Waals surface area contributed by atoms with E-state index in [4.69, 9.17) is 3.67 Å². The van der Waals surface area contributed by atoms with E-state index < -0.39 is 0 Å². The van der Waals surface area contributed by atoms with Crippen molar-refractivity contribution in [3.8, 4) is 0 Å². The molecular weight excluding hydrogens is 156 g/mol. The molecule has 1 nitrogen and oxygen atoms in total. The molecule has 5 heteroatoms. The zero-order valence-electron chi connectivity index (χ0n) is 4.17. The number of hydrogen-bond donors (Lipinski definition) is 0. The SMILES string of the molecule is [H-].[Li].[Na+].[Ni].[O]=[V]. The molecule has 0 atom stereocenters. The first-order chi connectivity index (χ1) is 1.00. The van der Waals surface area contributed by atoms with Crippen LogP contribution in [0.25, 0.3) is 0 Å². The summed E-state index contributed by atoms with van der Waals surface area (Å²) in [5.74, 6) is 0. The maximum atomic E-state index is 8.19. The van der Waals surface area contributed by atoms with Gasteiger partial charge in [0.05, 0.1) is 0 Å². The predicted octanol–water partition coefficient (Wildman–Crippen LogP) is -3.39. The molecular formula is HLiNaNiOV. The molecule has 0 fully saturated rings. The van der Waals surface area contributed by atoms with E-state index in [0.717, 1.165) is 17.4 Å². The van der Waals surface area contributed by atoms with Gasteiger partial charge in [-0.25, -0.2) is 0 Å². The Bertz CT molecular complexity index is 15.5. The minimum atomic E-state index is 0. The summed E-state index contributed by atoms with van der Waals surface area (Å²) < 4.78 is 8.19. The van der Waals surface area contributed by atoms with E-state index in [1.54, 1.807) is 0 Å². The average molecular weight is 157 g/mol. The van der Waals surface area contributed by atoms with Gasteiger partial charge in [0.25, 0.3) is 0 Å². The van der Waals surface area contributed by atoms with Crippen molar-refractivity contribution >= 4 is 18.9 Å². The molecule has 0 unspecified atom stereocenters. The third-order valence-corrected chi connectivity index (χ3v) is 0. The van der Waals surface area contributed by atoms with Gasteiger partial charge in [-0.2, -0.15) is 0 Å². The molecule has 24 valence electrons. The number of rotatable bonds is 0. The van der Waals surface area contributed by atoms with Crippen molar-refractivity contribution in [2.24, 2.45) is 0 Å². The molecule has 5 heavy (non-hydrogen) atoms. The fraction of sp³-hybridized carbons (Fsp3) is 0. The molecule has 1 radical (unpaired) electrons. The summed E-state index contributed by atoms with van der Waals surface area (Å²) in [6, 6.07) is 0. The Labute approximate surface area is 86.1 Å². The second-order valence-corrected chi connectivity index (χ2v) is 0. The van der Waals surface area contributed by atoms with Crippen LogP contribution < -0.4 is 29.6 Å². The molecule has 0 aromatic carbocycles. The molecule has 0 spiro atoms. The predicted molar refractivity (Wildman–Crippen MR) is 7.55 cm³/mol. The van der Waals surface area contributed by atoms with E-state index >= 15 is 0 Å². The van der Waals surface area contributed by atoms with Gasteiger partial charge in [-0.3, -0.25) is 0 Å². The fourth-order valence-electron chi connectivity index (χ4n) is 0. The molecule has 0 heterocycles. The summed E-state index contributed by atoms with van der Waals surface area (Å²) >= 11 is 1.06. The Kier molecular flexibility index (Phi) is 164. The van der Waals surface area contributed by atoms with Crippen LogP contribution in [-0.2, 0) is 37.5 Å². The normalized spacial score (nSPS) is 0.600. The van der Waals surface area contributed by atoms with Gasteiger partial charge in [0.15, 0.2) is 0 Å². The number of hydrogen-bond acceptors (Lipinski definition) is 1. The molecule has 0 saturated carbocycles. The van der Waals surface area contributed by atoms with Gasteiger partial charge in [0, 0.05) is 35.4 Å². The molecule has 0 aliphatic heterocycles. The van der Waals surface area contributed by atoms with Gasteiger partial charge in [-0.15, -0.1) is 0 Å². The van der Waals surface area contributed by atoms with Crippen molar-refractivity contribution in [1.82, 2.24) is 0 Å². The average Bonchev–Trinajstić information content (AvgIpc) is 1.00. The van der Waals surface area contributed by atoms with E-state index in [2.05, 4.69) is 0 Å². The van der Waals surface area contributed by atoms with Gasteiger partial charge in [0.2, 0.25) is 0 Å². The fourth-order valence-corrected chi connectivity index (χ4v) is 0. The van der Waals surface area contributed by atoms with Crippen LogP contribution in [0.15, 0.2) is 0 Å². The van der Waals surface area contributed by atoms with E-state index in [1.165, 1.54) is 0 Å². The van der Waals surface area contributed by atoms with Crippen LogP contribution in [0.2, 0.25) is 0 Å². The van der Waals surface area contributed by atoms with Crippen LogP contribution in [0.4, 0.5) is 0 Å². The Morgan fingerprint density at radius 2 is 1.40 bits per heavy atom. The third-order valence-electron chi connectivity index (χ3n) is 0. The standard InChI is InChI=1S/Li.Na.Ni.O.V.H/q;+1;;;;-1. The van der Waals surface area contributed by atoms with Crippen molar-refractivity contribution < 1.29 is 68.5 Å². The molecule has 0 aromatic heterocycles. The van der Waals surface area contributed by atoms with Crippen molar-refractivity contribution in [3.05, 3.63) is 0 Å². The van der Waals surface area contributed by atoms with Crippen LogP contribution in [0.3, 0.4) is 0 Å². The zero-order valence-corrected chi connectivity index (χ0v) is 7.56. The Morgan fingerprint density at radius 3 is 1.40 bits per heavy atom. The van der Waals surface area contributed by atoms with Gasteiger partial charge in [0.1, 0.15) is 0 Å². The first-order valence-electron chi connectivity index (χ1n) is 0.183. The van der Waals surface area contributed by atoms with E-state index in [9.17, 15) is 0 Å². The van der Waals surface area contributed by atoms with Crippen LogP contribution in [-0.4, -0.2) is 18.9 Å². The first-order valence-corrected chi connectivity index (χ1v) is 0.753. The van der Waals surface area contributed by atoms with Crippen molar-refractivity contribution in [1.29, 1.82) is 0 Å². The van der Waals surface area contributed by atoms with Gasteiger partial charge < -0.3 is 1.43 Å². The summed E-state index contributed by atoms with van der Waals surface area (Å²) in [5.41, 5.74) is 0. The molecule has 0 aliphatic carbocycles. The summed E-state index contributed by atoms with van der Waals surface area (Å²) in [6.45, 7) is 0. The molecule has 0 saturated heterocycles. The molecule has 0 aliphatic rings. The van der Waals surface area contributed by atoms with E-state index in [0.29, 0.717) is 0 Å². The van der Waals surface area contributed by atoms with Crippen molar-refractivity contribution in [2.75, 3.05) is 0 Å². The Hall–Kier alpha value is 2.48. The van der Waals surface area contributed by atoms with Crippen molar-refractivity contribution in [2.45, 2.75) is 0 Å². The zero-order chi connectivity index (χ0) is 2.00. The topological polar surface area (TPSA) is 17.1 Å². The van der Waals surface area contributed by atoms with E-state index in [-0.39, 0.29) is 66.3 Å². The molecule has 0 bridgehead atoms. The summed E-state index contributed by atoms with van der Waals surface area (Å²) in [5, 5.41) is 0. The summed E-state index contributed by atoms with van der Waals surface area (Å²) in [7, 11) is 0. The quantitative estimate of drug-likeness (QED) is 0.335. The van der Waals surface area contributed by atoms with Crippen molar-refractivity contribution in [3.63, 3.8) is 0 Å². The molecule has 0 rings (SSSR count). The first kappa shape index (κ1) is 26.0. The van der Waals surface area contributed by atoms with Crippen LogP contribution >= 0.6 is 0 Å². The monoisotopic (exact) mass is 156 g/mol. The Morgan fingerprint density at radius 1 is 1.40 bits per heavy atom. The summed E-state index contributed by atoms with van der Waals surface area (Å²) in [4.78, 5) is 0. The van der Waals surface area contributed by atoms with Crippen LogP contribution in [0, 0.1) is 0 Å². The third kappa shape index (κ3) is 21.2. The maximum absolute atomic E-state index is 8.19. The van der Waals surface area contributed by atoms with Gasteiger partial charge in [-0.1, -0.05) is 0 Å². The summed E-state index contributed by atoms with van der Waals surface area (Å²) in [6.07, 6.45) is 0. The Balaban J connectivity index is -0.000000000833. The molecule has 0 aromatic rings. The molecule has 0 N–H and O–H groups in total. The minimum absolute atomic E-state index is 0. The van der Waals surface area contributed by atoms with E-state index in [1.807, 2.05) is 0 Å².